The van der Waals surface area contributed by atoms with Gasteiger partial charge in [0.25, 0.3) is 0 Å². The number of esters is 1. The van der Waals surface area contributed by atoms with Gasteiger partial charge in [0.1, 0.15) is 5.75 Å². The summed E-state index contributed by atoms with van der Waals surface area (Å²) in [6.07, 6.45) is 0.191. The molecule has 0 radical (unpaired) electrons. The summed E-state index contributed by atoms with van der Waals surface area (Å²) >= 11 is 0. The highest BCUT2D eigenvalue weighted by molar-refractivity contribution is 5.97. The van der Waals surface area contributed by atoms with Crippen LogP contribution in [-0.4, -0.2) is 31.1 Å². The summed E-state index contributed by atoms with van der Waals surface area (Å²) < 4.78 is 9.87. The van der Waals surface area contributed by atoms with Crippen molar-refractivity contribution in [1.29, 1.82) is 0 Å². The minimum Gasteiger partial charge on any atom is -0.493 e. The van der Waals surface area contributed by atoms with Crippen LogP contribution >= 0.6 is 0 Å². The number of nitrogens with two attached hydrogens (primary N) is 1. The van der Waals surface area contributed by atoms with Crippen LogP contribution in [0.4, 0.5) is 5.69 Å². The first kappa shape index (κ1) is 16.0. The van der Waals surface area contributed by atoms with Gasteiger partial charge in [0.05, 0.1) is 25.7 Å². The van der Waals surface area contributed by atoms with E-state index in [0.717, 1.165) is 0 Å². The number of hydrogen-bond acceptors (Lipinski definition) is 5. The molecule has 0 bridgehead atoms. The molecule has 1 aromatic carbocycles. The van der Waals surface area contributed by atoms with E-state index >= 15 is 0 Å². The Bertz CT molecular complexity index is 463. The molecule has 0 spiro atoms. The van der Waals surface area contributed by atoms with Crippen LogP contribution in [0.25, 0.3) is 0 Å². The lowest BCUT2D eigenvalue weighted by molar-refractivity contribution is -0.141. The molecule has 0 saturated heterocycles. The summed E-state index contributed by atoms with van der Waals surface area (Å²) in [5.41, 5.74) is 5.38. The van der Waals surface area contributed by atoms with Gasteiger partial charge in [0.2, 0.25) is 5.91 Å². The summed E-state index contributed by atoms with van der Waals surface area (Å²) in [5.74, 6) is 0.0230. The van der Waals surface area contributed by atoms with Crippen molar-refractivity contribution in [3.05, 3.63) is 24.3 Å². The van der Waals surface area contributed by atoms with E-state index in [0.29, 0.717) is 11.4 Å². The van der Waals surface area contributed by atoms with Crippen LogP contribution in [0, 0.1) is 0 Å². The number of anilines is 1. The minimum atomic E-state index is -0.935. The van der Waals surface area contributed by atoms with E-state index in [1.165, 1.54) is 7.11 Å². The van der Waals surface area contributed by atoms with Crippen molar-refractivity contribution >= 4 is 17.6 Å². The fourth-order valence-electron chi connectivity index (χ4n) is 1.28. The van der Waals surface area contributed by atoms with Gasteiger partial charge in [-0.05, 0) is 38.1 Å². The largest absolute Gasteiger partial charge is 0.493 e. The first-order valence-corrected chi connectivity index (χ1v) is 6.23. The number of ether oxygens (including phenoxy) is 2. The normalized spacial score (nSPS) is 10.8. The zero-order chi connectivity index (χ0) is 15.2. The lowest BCUT2D eigenvalue weighted by atomic mass is 10.1. The molecule has 0 aliphatic rings. The lowest BCUT2D eigenvalue weighted by Crippen LogP contribution is -2.45. The fraction of sp³-hybridized carbons (Fsp3) is 0.429. The third-order valence-electron chi connectivity index (χ3n) is 2.50. The van der Waals surface area contributed by atoms with E-state index in [2.05, 4.69) is 10.1 Å². The average Bonchev–Trinajstić information content (AvgIpc) is 2.39. The van der Waals surface area contributed by atoms with Gasteiger partial charge in [0, 0.05) is 5.69 Å². The van der Waals surface area contributed by atoms with Crippen LogP contribution in [0.3, 0.4) is 0 Å². The van der Waals surface area contributed by atoms with Crippen molar-refractivity contribution < 1.29 is 19.1 Å². The quantitative estimate of drug-likeness (QED) is 0.767. The summed E-state index contributed by atoms with van der Waals surface area (Å²) in [6, 6.07) is 6.82. The summed E-state index contributed by atoms with van der Waals surface area (Å²) in [7, 11) is 1.33. The van der Waals surface area contributed by atoms with Gasteiger partial charge in [0.15, 0.2) is 0 Å². The highest BCUT2D eigenvalue weighted by Gasteiger charge is 2.21. The van der Waals surface area contributed by atoms with Crippen molar-refractivity contribution in [2.24, 2.45) is 5.73 Å². The Balaban J connectivity index is 2.48. The molecule has 0 aromatic heterocycles. The predicted molar refractivity (Wildman–Crippen MR) is 75.5 cm³/mol. The van der Waals surface area contributed by atoms with Gasteiger partial charge >= 0.3 is 5.97 Å². The Morgan fingerprint density at radius 2 is 1.85 bits per heavy atom. The summed E-state index contributed by atoms with van der Waals surface area (Å²) in [4.78, 5) is 22.6. The van der Waals surface area contributed by atoms with E-state index in [4.69, 9.17) is 10.5 Å². The number of carbonyl (C=O) groups is 2. The van der Waals surface area contributed by atoms with E-state index in [1.807, 2.05) is 0 Å². The Kier molecular flexibility index (Phi) is 5.52. The molecule has 0 aliphatic heterocycles. The van der Waals surface area contributed by atoms with Crippen molar-refractivity contribution in [2.45, 2.75) is 25.8 Å². The molecule has 0 aliphatic carbocycles. The molecule has 110 valence electrons. The zero-order valence-electron chi connectivity index (χ0n) is 11.9. The van der Waals surface area contributed by atoms with Gasteiger partial charge in [-0.25, -0.2) is 0 Å². The number of hydrogen-bond donors (Lipinski definition) is 2. The maximum Gasteiger partial charge on any atom is 0.308 e. The second-order valence-electron chi connectivity index (χ2n) is 4.87. The third kappa shape index (κ3) is 5.27. The van der Waals surface area contributed by atoms with Crippen molar-refractivity contribution in [2.75, 3.05) is 19.0 Å². The first-order chi connectivity index (χ1) is 9.32. The molecule has 1 rings (SSSR count). The molecule has 6 heteroatoms. The number of carbonyl (C=O) groups excluding carboxylic acids is 2. The average molecular weight is 280 g/mol. The zero-order valence-corrected chi connectivity index (χ0v) is 11.9. The Morgan fingerprint density at radius 1 is 1.25 bits per heavy atom. The van der Waals surface area contributed by atoms with E-state index in [9.17, 15) is 9.59 Å². The standard InChI is InChI=1S/C14H20N2O4/c1-14(2,15)13(18)16-10-4-6-11(7-5-10)20-9-8-12(17)19-3/h4-7H,8-9,15H2,1-3H3,(H,16,18). The molecule has 20 heavy (non-hydrogen) atoms. The van der Waals surface area contributed by atoms with Crippen molar-refractivity contribution in [1.82, 2.24) is 0 Å². The van der Waals surface area contributed by atoms with Crippen LogP contribution in [0.2, 0.25) is 0 Å². The molecule has 0 saturated carbocycles. The van der Waals surface area contributed by atoms with Gasteiger partial charge in [-0.15, -0.1) is 0 Å². The second-order valence-corrected chi connectivity index (χ2v) is 4.87. The number of nitrogens with one attached hydrogen (secondary N) is 1. The van der Waals surface area contributed by atoms with Gasteiger partial charge in [-0.2, -0.15) is 0 Å². The van der Waals surface area contributed by atoms with Gasteiger partial charge in [-0.1, -0.05) is 0 Å². The highest BCUT2D eigenvalue weighted by atomic mass is 16.5. The van der Waals surface area contributed by atoms with Crippen LogP contribution in [0.1, 0.15) is 20.3 Å². The Hall–Kier alpha value is -2.08. The SMILES string of the molecule is COC(=O)CCOc1ccc(NC(=O)C(C)(C)N)cc1. The molecular weight excluding hydrogens is 260 g/mol. The second kappa shape index (κ2) is 6.91. The van der Waals surface area contributed by atoms with E-state index in [1.54, 1.807) is 38.1 Å². The topological polar surface area (TPSA) is 90.6 Å². The summed E-state index contributed by atoms with van der Waals surface area (Å²) in [6.45, 7) is 3.51. The number of benzene rings is 1. The van der Waals surface area contributed by atoms with Crippen molar-refractivity contribution in [3.63, 3.8) is 0 Å². The first-order valence-electron chi connectivity index (χ1n) is 6.23. The van der Waals surface area contributed by atoms with Crippen LogP contribution in [0.15, 0.2) is 24.3 Å². The lowest BCUT2D eigenvalue weighted by Gasteiger charge is -2.17. The molecule has 0 unspecified atom stereocenters. The maximum atomic E-state index is 11.7. The van der Waals surface area contributed by atoms with Crippen molar-refractivity contribution in [3.8, 4) is 5.75 Å². The molecule has 0 atom stereocenters. The monoisotopic (exact) mass is 280 g/mol. The Morgan fingerprint density at radius 3 is 2.35 bits per heavy atom. The predicted octanol–water partition coefficient (Wildman–Crippen LogP) is 1.30. The highest BCUT2D eigenvalue weighted by Crippen LogP contribution is 2.16. The van der Waals surface area contributed by atoms with Crippen LogP contribution in [-0.2, 0) is 14.3 Å². The van der Waals surface area contributed by atoms with E-state index in [-0.39, 0.29) is 24.9 Å². The smallest absolute Gasteiger partial charge is 0.308 e. The van der Waals surface area contributed by atoms with Gasteiger partial charge < -0.3 is 20.5 Å². The van der Waals surface area contributed by atoms with Gasteiger partial charge in [-0.3, -0.25) is 9.59 Å². The summed E-state index contributed by atoms with van der Waals surface area (Å²) in [5, 5.41) is 2.70. The Labute approximate surface area is 118 Å². The molecule has 0 fully saturated rings. The molecular formula is C14H20N2O4. The minimum absolute atomic E-state index is 0.191. The van der Waals surface area contributed by atoms with E-state index < -0.39 is 5.54 Å². The maximum absolute atomic E-state index is 11.7. The molecule has 0 heterocycles. The number of amides is 1. The molecule has 1 amide bonds. The third-order valence-corrected chi connectivity index (χ3v) is 2.50. The molecule has 1 aromatic rings. The molecule has 3 N–H and O–H groups in total. The van der Waals surface area contributed by atoms with Crippen LogP contribution in [0.5, 0.6) is 5.75 Å². The fourth-order valence-corrected chi connectivity index (χ4v) is 1.28. The van der Waals surface area contributed by atoms with Crippen LogP contribution < -0.4 is 15.8 Å². The number of rotatable bonds is 6. The molecule has 6 nitrogen and oxygen atoms in total. The number of methoxy groups -OCH3 is 1.